The fourth-order valence-electron chi connectivity index (χ4n) is 2.65. The van der Waals surface area contributed by atoms with Gasteiger partial charge in [0.1, 0.15) is 11.1 Å². The number of nitrogens with two attached hydrogens (primary N) is 1. The van der Waals surface area contributed by atoms with Crippen LogP contribution in [0.5, 0.6) is 0 Å². The Morgan fingerprint density at radius 3 is 2.69 bits per heavy atom. The first-order chi connectivity index (χ1) is 13.9. The Kier molecular flexibility index (Phi) is 7.00. The first-order valence-electron chi connectivity index (χ1n) is 8.79. The number of aromatic carboxylic acids is 1. The van der Waals surface area contributed by atoms with Crippen LogP contribution in [0.2, 0.25) is 0 Å². The van der Waals surface area contributed by atoms with E-state index in [0.29, 0.717) is 18.3 Å². The van der Waals surface area contributed by atoms with E-state index in [2.05, 4.69) is 43.2 Å². The Morgan fingerprint density at radius 2 is 2.10 bits per heavy atom. The summed E-state index contributed by atoms with van der Waals surface area (Å²) in [5.74, 6) is -1.23. The molecule has 1 fully saturated rings. The highest BCUT2D eigenvalue weighted by Gasteiger charge is 2.20. The van der Waals surface area contributed by atoms with Gasteiger partial charge in [0.25, 0.3) is 0 Å². The van der Waals surface area contributed by atoms with Crippen molar-refractivity contribution in [2.75, 3.05) is 12.4 Å². The molecule has 10 heteroatoms. The molecule has 3 aromatic rings. The number of benzene rings is 2. The monoisotopic (exact) mass is 514 g/mol. The van der Waals surface area contributed by atoms with Crippen LogP contribution in [0.25, 0.3) is 11.1 Å². The minimum absolute atomic E-state index is 0.0418. The summed E-state index contributed by atoms with van der Waals surface area (Å²) in [6.45, 7) is 0.294. The molecule has 1 heterocycles. The number of fused-ring (bicyclic) bond motifs is 1. The van der Waals surface area contributed by atoms with Gasteiger partial charge in [0.2, 0.25) is 0 Å². The number of nitrogens with zero attached hydrogens (tertiary/aromatic N) is 1. The van der Waals surface area contributed by atoms with E-state index in [4.69, 9.17) is 10.2 Å². The molecule has 8 nitrogen and oxygen atoms in total. The van der Waals surface area contributed by atoms with Gasteiger partial charge in [0.15, 0.2) is 5.58 Å². The number of carbonyl (C=O) groups is 1. The predicted molar refractivity (Wildman–Crippen MR) is 114 cm³/mol. The highest BCUT2D eigenvalue weighted by Crippen LogP contribution is 2.30. The molecule has 0 radical (unpaired) electrons. The van der Waals surface area contributed by atoms with Crippen LogP contribution in [0.1, 0.15) is 28.8 Å². The van der Waals surface area contributed by atoms with Crippen LogP contribution in [-0.4, -0.2) is 29.2 Å². The average Bonchev–Trinajstić information content (AvgIpc) is 3.42. The SMILES string of the molecule is CONC1CC1.NCc1cc(I)ccc1Nc1ccc2oc(F)nc2c1C(=O)O. The molecule has 0 atom stereocenters. The third kappa shape index (κ3) is 5.41. The molecule has 1 aliphatic rings. The Hall–Kier alpha value is -2.28. The summed E-state index contributed by atoms with van der Waals surface area (Å²) in [7, 11) is 1.65. The van der Waals surface area contributed by atoms with Crippen molar-refractivity contribution in [2.45, 2.75) is 25.4 Å². The van der Waals surface area contributed by atoms with Gasteiger partial charge in [-0.2, -0.15) is 10.5 Å². The predicted octanol–water partition coefficient (Wildman–Crippen LogP) is 3.77. The lowest BCUT2D eigenvalue weighted by Gasteiger charge is -2.13. The molecule has 5 N–H and O–H groups in total. The number of anilines is 2. The van der Waals surface area contributed by atoms with Crippen molar-refractivity contribution in [2.24, 2.45) is 5.73 Å². The number of halogens is 2. The van der Waals surface area contributed by atoms with E-state index >= 15 is 0 Å². The van der Waals surface area contributed by atoms with Gasteiger partial charge in [0.05, 0.1) is 12.8 Å². The van der Waals surface area contributed by atoms with Crippen molar-refractivity contribution in [3.05, 3.63) is 51.2 Å². The third-order valence-corrected chi connectivity index (χ3v) is 4.84. The molecule has 1 saturated carbocycles. The second-order valence-electron chi connectivity index (χ2n) is 6.33. The first kappa shape index (κ1) is 21.4. The lowest BCUT2D eigenvalue weighted by Crippen LogP contribution is -2.12. The van der Waals surface area contributed by atoms with Gasteiger partial charge in [-0.25, -0.2) is 4.79 Å². The molecule has 1 aliphatic carbocycles. The fraction of sp³-hybridized carbons (Fsp3) is 0.263. The summed E-state index contributed by atoms with van der Waals surface area (Å²) in [5, 5.41) is 12.5. The fourth-order valence-corrected chi connectivity index (χ4v) is 3.21. The average molecular weight is 514 g/mol. The first-order valence-corrected chi connectivity index (χ1v) is 9.87. The number of hydrogen-bond acceptors (Lipinski definition) is 7. The molecule has 0 amide bonds. The Morgan fingerprint density at radius 1 is 1.38 bits per heavy atom. The number of rotatable bonds is 6. The maximum absolute atomic E-state index is 13.2. The molecule has 4 rings (SSSR count). The smallest absolute Gasteiger partial charge is 0.382 e. The topological polar surface area (TPSA) is 123 Å². The number of hydroxylamine groups is 1. The minimum Gasteiger partial charge on any atom is -0.478 e. The van der Waals surface area contributed by atoms with Crippen LogP contribution < -0.4 is 16.5 Å². The number of nitrogens with one attached hydrogen (secondary N) is 2. The summed E-state index contributed by atoms with van der Waals surface area (Å²) >= 11 is 2.17. The molecule has 0 saturated heterocycles. The van der Waals surface area contributed by atoms with Gasteiger partial charge < -0.3 is 25.4 Å². The van der Waals surface area contributed by atoms with Crippen LogP contribution in [0, 0.1) is 9.71 Å². The van der Waals surface area contributed by atoms with Gasteiger partial charge in [-0.05, 0) is 71.3 Å². The summed E-state index contributed by atoms with van der Waals surface area (Å²) < 4.78 is 18.9. The molecule has 0 bridgehead atoms. The van der Waals surface area contributed by atoms with E-state index in [1.807, 2.05) is 18.2 Å². The normalized spacial score (nSPS) is 13.1. The van der Waals surface area contributed by atoms with Gasteiger partial charge in [-0.3, -0.25) is 0 Å². The van der Waals surface area contributed by atoms with E-state index in [1.54, 1.807) is 7.11 Å². The number of hydrogen-bond donors (Lipinski definition) is 4. The van der Waals surface area contributed by atoms with Crippen molar-refractivity contribution >= 4 is 51.0 Å². The second-order valence-corrected chi connectivity index (χ2v) is 7.58. The summed E-state index contributed by atoms with van der Waals surface area (Å²) in [5.41, 5.74) is 10.2. The minimum atomic E-state index is -1.23. The number of aromatic nitrogens is 1. The van der Waals surface area contributed by atoms with E-state index in [0.717, 1.165) is 9.13 Å². The van der Waals surface area contributed by atoms with Crippen molar-refractivity contribution in [1.29, 1.82) is 0 Å². The molecule has 0 unspecified atom stereocenters. The molecular weight excluding hydrogens is 494 g/mol. The lowest BCUT2D eigenvalue weighted by molar-refractivity contribution is 0.0700. The highest BCUT2D eigenvalue weighted by molar-refractivity contribution is 14.1. The number of oxazole rings is 1. The van der Waals surface area contributed by atoms with Crippen LogP contribution in [-0.2, 0) is 11.4 Å². The van der Waals surface area contributed by atoms with Crippen molar-refractivity contribution in [1.82, 2.24) is 10.5 Å². The molecule has 2 aromatic carbocycles. The highest BCUT2D eigenvalue weighted by atomic mass is 127. The Bertz CT molecular complexity index is 1020. The Labute approximate surface area is 179 Å². The molecule has 0 spiro atoms. The molecule has 154 valence electrons. The lowest BCUT2D eigenvalue weighted by atomic mass is 10.1. The quantitative estimate of drug-likeness (QED) is 0.290. The van der Waals surface area contributed by atoms with E-state index < -0.39 is 12.1 Å². The van der Waals surface area contributed by atoms with Crippen molar-refractivity contribution in [3.8, 4) is 0 Å². The zero-order valence-corrected chi connectivity index (χ0v) is 17.7. The zero-order chi connectivity index (χ0) is 21.0. The molecule has 0 aliphatic heterocycles. The maximum Gasteiger partial charge on any atom is 0.382 e. The zero-order valence-electron chi connectivity index (χ0n) is 15.5. The summed E-state index contributed by atoms with van der Waals surface area (Å²) in [6.07, 6.45) is 1.50. The number of carboxylic acids is 1. The van der Waals surface area contributed by atoms with E-state index in [1.165, 1.54) is 25.0 Å². The van der Waals surface area contributed by atoms with Crippen LogP contribution in [0.15, 0.2) is 34.7 Å². The van der Waals surface area contributed by atoms with Crippen LogP contribution in [0.3, 0.4) is 0 Å². The van der Waals surface area contributed by atoms with Crippen LogP contribution in [0.4, 0.5) is 15.8 Å². The summed E-state index contributed by atoms with van der Waals surface area (Å²) in [4.78, 5) is 19.7. The Balaban J connectivity index is 0.000000343. The number of carboxylic acid groups (broad SMARTS) is 1. The van der Waals surface area contributed by atoms with E-state index in [-0.39, 0.29) is 22.4 Å². The maximum atomic E-state index is 13.2. The van der Waals surface area contributed by atoms with Crippen molar-refractivity contribution in [3.63, 3.8) is 0 Å². The van der Waals surface area contributed by atoms with Crippen LogP contribution >= 0.6 is 22.6 Å². The summed E-state index contributed by atoms with van der Waals surface area (Å²) in [6, 6.07) is 9.23. The van der Waals surface area contributed by atoms with Gasteiger partial charge in [0, 0.05) is 21.8 Å². The molecule has 1 aromatic heterocycles. The van der Waals surface area contributed by atoms with E-state index in [9.17, 15) is 14.3 Å². The molecule has 29 heavy (non-hydrogen) atoms. The largest absolute Gasteiger partial charge is 0.478 e. The van der Waals surface area contributed by atoms with Gasteiger partial charge in [-0.15, -0.1) is 4.39 Å². The van der Waals surface area contributed by atoms with Gasteiger partial charge in [-0.1, -0.05) is 0 Å². The second kappa shape index (κ2) is 9.48. The van der Waals surface area contributed by atoms with Crippen molar-refractivity contribution < 1.29 is 23.5 Å². The van der Waals surface area contributed by atoms with Gasteiger partial charge >= 0.3 is 12.1 Å². The third-order valence-electron chi connectivity index (χ3n) is 4.17. The molecular formula is C19H20FIN4O4. The standard InChI is InChI=1S/C15H11FIN3O3.C4H9NO/c16-15-20-13-11(23-15)4-3-10(12(13)14(21)22)19-9-2-1-8(17)5-7(9)6-18;1-6-5-4-2-3-4/h1-5,19H,6,18H2,(H,21,22);4-5H,2-3H2,1H3.